The molecule has 0 N–H and O–H groups in total. The monoisotopic (exact) mass is 413 g/mol. The minimum atomic E-state index is -0.423. The number of anilines is 1. The molecule has 5 nitrogen and oxygen atoms in total. The van der Waals surface area contributed by atoms with E-state index >= 15 is 0 Å². The van der Waals surface area contributed by atoms with E-state index < -0.39 is 5.97 Å². The highest BCUT2D eigenvalue weighted by Crippen LogP contribution is 2.38. The van der Waals surface area contributed by atoms with Crippen molar-refractivity contribution in [1.29, 1.82) is 0 Å². The van der Waals surface area contributed by atoms with Crippen molar-refractivity contribution in [2.45, 2.75) is 20.8 Å². The summed E-state index contributed by atoms with van der Waals surface area (Å²) >= 11 is 6.69. The normalized spacial score (nSPS) is 15.2. The smallest absolute Gasteiger partial charge is 0.308 e. The van der Waals surface area contributed by atoms with Crippen LogP contribution in [0, 0.1) is 6.92 Å². The van der Waals surface area contributed by atoms with Crippen LogP contribution in [-0.2, 0) is 9.59 Å². The number of esters is 1. The van der Waals surface area contributed by atoms with E-state index in [1.54, 1.807) is 29.2 Å². The number of para-hydroxylation sites is 1. The van der Waals surface area contributed by atoms with Crippen LogP contribution >= 0.6 is 24.0 Å². The van der Waals surface area contributed by atoms with Gasteiger partial charge in [-0.3, -0.25) is 14.5 Å². The van der Waals surface area contributed by atoms with E-state index in [9.17, 15) is 9.59 Å². The zero-order valence-electron chi connectivity index (χ0n) is 15.7. The lowest BCUT2D eigenvalue weighted by molar-refractivity contribution is -0.132. The van der Waals surface area contributed by atoms with Gasteiger partial charge in [0.2, 0.25) is 0 Å². The van der Waals surface area contributed by atoms with Crippen LogP contribution in [-0.4, -0.2) is 22.8 Å². The number of rotatable bonds is 5. The molecule has 0 spiro atoms. The number of nitrogens with zero attached hydrogens (tertiary/aromatic N) is 1. The minimum Gasteiger partial charge on any atom is -0.490 e. The molecule has 1 aliphatic rings. The maximum atomic E-state index is 12.9. The summed E-state index contributed by atoms with van der Waals surface area (Å²) in [6.07, 6.45) is 1.76. The van der Waals surface area contributed by atoms with Gasteiger partial charge in [0.25, 0.3) is 5.91 Å². The highest BCUT2D eigenvalue weighted by atomic mass is 32.2. The van der Waals surface area contributed by atoms with Gasteiger partial charge in [-0.2, -0.15) is 0 Å². The van der Waals surface area contributed by atoms with Crippen molar-refractivity contribution in [2.24, 2.45) is 0 Å². The number of amides is 1. The molecule has 3 rings (SSSR count). The SMILES string of the molecule is CCOc1cc(/C=C2/SC(=S)N(c3ccccc3C)C2=O)ccc1OC(C)=O. The van der Waals surface area contributed by atoms with Gasteiger partial charge in [-0.15, -0.1) is 0 Å². The Morgan fingerprint density at radius 1 is 1.21 bits per heavy atom. The zero-order chi connectivity index (χ0) is 20.3. The first-order valence-corrected chi connectivity index (χ1v) is 9.92. The first-order chi connectivity index (χ1) is 13.4. The highest BCUT2D eigenvalue weighted by molar-refractivity contribution is 8.27. The molecule has 0 aromatic heterocycles. The summed E-state index contributed by atoms with van der Waals surface area (Å²) in [6, 6.07) is 12.8. The number of aryl methyl sites for hydroxylation is 1. The van der Waals surface area contributed by atoms with Crippen molar-refractivity contribution in [1.82, 2.24) is 0 Å². The zero-order valence-corrected chi connectivity index (χ0v) is 17.4. The summed E-state index contributed by atoms with van der Waals surface area (Å²) in [5.74, 6) is 0.207. The van der Waals surface area contributed by atoms with Crippen molar-refractivity contribution in [3.8, 4) is 11.5 Å². The Morgan fingerprint density at radius 3 is 2.64 bits per heavy atom. The van der Waals surface area contributed by atoms with Gasteiger partial charge in [-0.05, 0) is 49.2 Å². The quantitative estimate of drug-likeness (QED) is 0.306. The Kier molecular flexibility index (Phi) is 6.16. The van der Waals surface area contributed by atoms with E-state index in [0.717, 1.165) is 16.8 Å². The minimum absolute atomic E-state index is 0.161. The van der Waals surface area contributed by atoms with Gasteiger partial charge in [0, 0.05) is 6.92 Å². The van der Waals surface area contributed by atoms with E-state index in [1.807, 2.05) is 38.1 Å². The fraction of sp³-hybridized carbons (Fsp3) is 0.190. The molecule has 0 saturated carbocycles. The molecule has 28 heavy (non-hydrogen) atoms. The number of thioether (sulfide) groups is 1. The van der Waals surface area contributed by atoms with E-state index in [0.29, 0.717) is 27.3 Å². The number of benzene rings is 2. The first-order valence-electron chi connectivity index (χ1n) is 8.69. The number of hydrogen-bond donors (Lipinski definition) is 0. The largest absolute Gasteiger partial charge is 0.490 e. The summed E-state index contributed by atoms with van der Waals surface area (Å²) < 4.78 is 11.2. The maximum Gasteiger partial charge on any atom is 0.308 e. The Hall–Kier alpha value is -2.64. The third kappa shape index (κ3) is 4.26. The van der Waals surface area contributed by atoms with E-state index in [2.05, 4.69) is 0 Å². The summed E-state index contributed by atoms with van der Waals surface area (Å²) in [4.78, 5) is 26.3. The van der Waals surface area contributed by atoms with Crippen LogP contribution in [0.3, 0.4) is 0 Å². The lowest BCUT2D eigenvalue weighted by atomic mass is 10.1. The summed E-state index contributed by atoms with van der Waals surface area (Å²) in [7, 11) is 0. The van der Waals surface area contributed by atoms with Gasteiger partial charge in [-0.1, -0.05) is 48.2 Å². The Bertz CT molecular complexity index is 984. The predicted octanol–water partition coefficient (Wildman–Crippen LogP) is 4.72. The van der Waals surface area contributed by atoms with Crippen LogP contribution < -0.4 is 14.4 Å². The average molecular weight is 414 g/mol. The fourth-order valence-electron chi connectivity index (χ4n) is 2.76. The maximum absolute atomic E-state index is 12.9. The second-order valence-corrected chi connectivity index (χ2v) is 7.71. The standard InChI is InChI=1S/C21H19NO4S2/c1-4-25-18-11-15(9-10-17(18)26-14(3)23)12-19-20(24)22(21(27)28-19)16-8-6-5-7-13(16)2/h5-12H,4H2,1-3H3/b19-12+. The molecular formula is C21H19NO4S2. The summed E-state index contributed by atoms with van der Waals surface area (Å²) in [5.41, 5.74) is 2.52. The molecule has 0 atom stereocenters. The molecule has 2 aromatic carbocycles. The van der Waals surface area contributed by atoms with Crippen LogP contribution in [0.2, 0.25) is 0 Å². The van der Waals surface area contributed by atoms with Gasteiger partial charge in [0.1, 0.15) is 0 Å². The third-order valence-electron chi connectivity index (χ3n) is 3.97. The molecule has 1 aliphatic heterocycles. The van der Waals surface area contributed by atoms with E-state index in [1.165, 1.54) is 18.7 Å². The summed E-state index contributed by atoms with van der Waals surface area (Å²) in [5, 5.41) is 0. The van der Waals surface area contributed by atoms with Gasteiger partial charge >= 0.3 is 5.97 Å². The average Bonchev–Trinajstić information content (AvgIpc) is 2.91. The molecule has 0 radical (unpaired) electrons. The molecule has 0 bridgehead atoms. The molecule has 0 aliphatic carbocycles. The Labute approximate surface area is 173 Å². The van der Waals surface area contributed by atoms with Crippen LogP contribution in [0.4, 0.5) is 5.69 Å². The van der Waals surface area contributed by atoms with Crippen LogP contribution in [0.25, 0.3) is 6.08 Å². The number of ether oxygens (including phenoxy) is 2. The van der Waals surface area contributed by atoms with Crippen LogP contribution in [0.15, 0.2) is 47.4 Å². The predicted molar refractivity (Wildman–Crippen MR) is 116 cm³/mol. The number of carbonyl (C=O) groups is 2. The van der Waals surface area contributed by atoms with E-state index in [-0.39, 0.29) is 5.91 Å². The topological polar surface area (TPSA) is 55.8 Å². The van der Waals surface area contributed by atoms with Gasteiger partial charge in [0.05, 0.1) is 17.2 Å². The van der Waals surface area contributed by atoms with Crippen molar-refractivity contribution in [3.05, 3.63) is 58.5 Å². The molecule has 2 aromatic rings. The molecule has 144 valence electrons. The number of carbonyl (C=O) groups excluding carboxylic acids is 2. The molecule has 0 unspecified atom stereocenters. The lowest BCUT2D eigenvalue weighted by Gasteiger charge is -2.16. The Morgan fingerprint density at radius 2 is 1.96 bits per heavy atom. The number of thiocarbonyl (C=S) groups is 1. The van der Waals surface area contributed by atoms with Crippen molar-refractivity contribution < 1.29 is 19.1 Å². The van der Waals surface area contributed by atoms with Crippen molar-refractivity contribution >= 4 is 51.9 Å². The second-order valence-electron chi connectivity index (χ2n) is 6.04. The summed E-state index contributed by atoms with van der Waals surface area (Å²) in [6.45, 7) is 5.55. The van der Waals surface area contributed by atoms with Gasteiger partial charge in [-0.25, -0.2) is 0 Å². The van der Waals surface area contributed by atoms with E-state index in [4.69, 9.17) is 21.7 Å². The van der Waals surface area contributed by atoms with Crippen molar-refractivity contribution in [3.63, 3.8) is 0 Å². The van der Waals surface area contributed by atoms with Gasteiger partial charge in [0.15, 0.2) is 15.8 Å². The van der Waals surface area contributed by atoms with Crippen LogP contribution in [0.5, 0.6) is 11.5 Å². The third-order valence-corrected chi connectivity index (χ3v) is 5.27. The van der Waals surface area contributed by atoms with Gasteiger partial charge < -0.3 is 9.47 Å². The van der Waals surface area contributed by atoms with Crippen LogP contribution in [0.1, 0.15) is 25.0 Å². The molecular weight excluding hydrogens is 394 g/mol. The van der Waals surface area contributed by atoms with Crippen molar-refractivity contribution in [2.75, 3.05) is 11.5 Å². The lowest BCUT2D eigenvalue weighted by Crippen LogP contribution is -2.28. The molecule has 1 amide bonds. The second kappa shape index (κ2) is 8.58. The first kappa shape index (κ1) is 20.1. The molecule has 1 heterocycles. The molecule has 1 fully saturated rings. The Balaban J connectivity index is 1.92. The fourth-order valence-corrected chi connectivity index (χ4v) is 4.05. The highest BCUT2D eigenvalue weighted by Gasteiger charge is 2.34. The number of hydrogen-bond acceptors (Lipinski definition) is 6. The molecule has 7 heteroatoms. The molecule has 1 saturated heterocycles.